The third kappa shape index (κ3) is 4.87. The topological polar surface area (TPSA) is 69.7 Å². The SMILES string of the molecule is CCC(C)NC(=O)CN(c1ccc(N2CCCC2)cc1)S(C)(=O)=O. The van der Waals surface area contributed by atoms with E-state index in [1.807, 2.05) is 26.0 Å². The molecule has 1 heterocycles. The van der Waals surface area contributed by atoms with Gasteiger partial charge in [0, 0.05) is 24.8 Å². The fourth-order valence-electron chi connectivity index (χ4n) is 2.76. The Morgan fingerprint density at radius 1 is 1.25 bits per heavy atom. The van der Waals surface area contributed by atoms with Gasteiger partial charge in [0.2, 0.25) is 15.9 Å². The van der Waals surface area contributed by atoms with Gasteiger partial charge in [0.05, 0.1) is 11.9 Å². The van der Waals surface area contributed by atoms with Gasteiger partial charge in [0.1, 0.15) is 6.54 Å². The predicted molar refractivity (Wildman–Crippen MR) is 98.0 cm³/mol. The number of hydrogen-bond donors (Lipinski definition) is 1. The third-order valence-electron chi connectivity index (χ3n) is 4.32. The monoisotopic (exact) mass is 353 g/mol. The molecule has 0 bridgehead atoms. The summed E-state index contributed by atoms with van der Waals surface area (Å²) < 4.78 is 25.3. The number of hydrogen-bond acceptors (Lipinski definition) is 4. The Morgan fingerprint density at radius 2 is 1.83 bits per heavy atom. The Kier molecular flexibility index (Phi) is 6.10. The lowest BCUT2D eigenvalue weighted by molar-refractivity contribution is -0.120. The maximum atomic E-state index is 12.1. The molecule has 24 heavy (non-hydrogen) atoms. The summed E-state index contributed by atoms with van der Waals surface area (Å²) in [6, 6.07) is 7.41. The lowest BCUT2D eigenvalue weighted by Crippen LogP contribution is -2.43. The van der Waals surface area contributed by atoms with E-state index in [2.05, 4.69) is 10.2 Å². The maximum Gasteiger partial charge on any atom is 0.240 e. The van der Waals surface area contributed by atoms with Gasteiger partial charge in [-0.2, -0.15) is 0 Å². The van der Waals surface area contributed by atoms with E-state index < -0.39 is 10.0 Å². The van der Waals surface area contributed by atoms with Crippen LogP contribution in [-0.4, -0.2) is 46.3 Å². The van der Waals surface area contributed by atoms with Crippen molar-refractivity contribution in [3.8, 4) is 0 Å². The smallest absolute Gasteiger partial charge is 0.240 e. The number of carbonyl (C=O) groups excluding carboxylic acids is 1. The number of rotatable bonds is 7. The first-order valence-corrected chi connectivity index (χ1v) is 10.3. The lowest BCUT2D eigenvalue weighted by Gasteiger charge is -2.24. The molecule has 134 valence electrons. The van der Waals surface area contributed by atoms with Crippen LogP contribution in [0.3, 0.4) is 0 Å². The maximum absolute atomic E-state index is 12.1. The minimum Gasteiger partial charge on any atom is -0.372 e. The van der Waals surface area contributed by atoms with Gasteiger partial charge < -0.3 is 10.2 Å². The second kappa shape index (κ2) is 7.88. The first-order chi connectivity index (χ1) is 11.3. The van der Waals surface area contributed by atoms with Gasteiger partial charge in [0.15, 0.2) is 0 Å². The Balaban J connectivity index is 2.14. The summed E-state index contributed by atoms with van der Waals surface area (Å²) in [5.41, 5.74) is 1.61. The largest absolute Gasteiger partial charge is 0.372 e. The zero-order chi connectivity index (χ0) is 17.7. The van der Waals surface area contributed by atoms with Gasteiger partial charge in [0.25, 0.3) is 0 Å². The van der Waals surface area contributed by atoms with Gasteiger partial charge in [-0.15, -0.1) is 0 Å². The van der Waals surface area contributed by atoms with Crippen molar-refractivity contribution in [3.05, 3.63) is 24.3 Å². The Labute approximate surface area is 144 Å². The molecular weight excluding hydrogens is 326 g/mol. The predicted octanol–water partition coefficient (Wildman–Crippen LogP) is 1.97. The second-order valence-electron chi connectivity index (χ2n) is 6.36. The number of nitrogens with zero attached hydrogens (tertiary/aromatic N) is 2. The molecule has 6 nitrogen and oxygen atoms in total. The summed E-state index contributed by atoms with van der Waals surface area (Å²) >= 11 is 0. The summed E-state index contributed by atoms with van der Waals surface area (Å²) in [4.78, 5) is 14.4. The molecule has 1 saturated heterocycles. The number of amides is 1. The van der Waals surface area contributed by atoms with E-state index in [0.29, 0.717) is 5.69 Å². The van der Waals surface area contributed by atoms with Crippen LogP contribution in [0.1, 0.15) is 33.1 Å². The average molecular weight is 353 g/mol. The summed E-state index contributed by atoms with van der Waals surface area (Å²) in [7, 11) is -3.53. The van der Waals surface area contributed by atoms with Crippen molar-refractivity contribution in [1.29, 1.82) is 0 Å². The molecule has 1 aromatic carbocycles. The number of anilines is 2. The molecule has 2 rings (SSSR count). The summed E-state index contributed by atoms with van der Waals surface area (Å²) in [5.74, 6) is -0.293. The van der Waals surface area contributed by atoms with Crippen LogP contribution in [0.2, 0.25) is 0 Å². The highest BCUT2D eigenvalue weighted by molar-refractivity contribution is 7.92. The highest BCUT2D eigenvalue weighted by Gasteiger charge is 2.22. The van der Waals surface area contributed by atoms with Gasteiger partial charge >= 0.3 is 0 Å². The van der Waals surface area contributed by atoms with Crippen molar-refractivity contribution >= 4 is 27.3 Å². The minimum absolute atomic E-state index is 0.0245. The number of benzene rings is 1. The van der Waals surface area contributed by atoms with Crippen LogP contribution in [0.5, 0.6) is 0 Å². The van der Waals surface area contributed by atoms with Crippen molar-refractivity contribution in [1.82, 2.24) is 5.32 Å². The van der Waals surface area contributed by atoms with E-state index in [1.165, 1.54) is 12.8 Å². The van der Waals surface area contributed by atoms with E-state index >= 15 is 0 Å². The molecule has 1 atom stereocenters. The first kappa shape index (κ1) is 18.6. The van der Waals surface area contributed by atoms with E-state index in [9.17, 15) is 13.2 Å². The quantitative estimate of drug-likeness (QED) is 0.814. The average Bonchev–Trinajstić information content (AvgIpc) is 3.06. The Hall–Kier alpha value is -1.76. The van der Waals surface area contributed by atoms with Crippen molar-refractivity contribution in [2.75, 3.05) is 35.1 Å². The number of nitrogens with one attached hydrogen (secondary N) is 1. The lowest BCUT2D eigenvalue weighted by atomic mass is 10.2. The van der Waals surface area contributed by atoms with E-state index in [4.69, 9.17) is 0 Å². The molecule has 7 heteroatoms. The molecule has 0 spiro atoms. The molecular formula is C17H27N3O3S. The number of sulfonamides is 1. The molecule has 1 fully saturated rings. The van der Waals surface area contributed by atoms with E-state index in [-0.39, 0.29) is 18.5 Å². The molecule has 1 unspecified atom stereocenters. The van der Waals surface area contributed by atoms with Gasteiger partial charge in [-0.1, -0.05) is 6.92 Å². The van der Waals surface area contributed by atoms with Crippen LogP contribution in [0.25, 0.3) is 0 Å². The second-order valence-corrected chi connectivity index (χ2v) is 8.26. The summed E-state index contributed by atoms with van der Waals surface area (Å²) in [5, 5.41) is 2.80. The zero-order valence-corrected chi connectivity index (χ0v) is 15.5. The van der Waals surface area contributed by atoms with Crippen LogP contribution in [0.4, 0.5) is 11.4 Å². The van der Waals surface area contributed by atoms with E-state index in [1.54, 1.807) is 12.1 Å². The summed E-state index contributed by atoms with van der Waals surface area (Å²) in [6.07, 6.45) is 4.30. The molecule has 1 amide bonds. The van der Waals surface area contributed by atoms with Crippen LogP contribution < -0.4 is 14.5 Å². The highest BCUT2D eigenvalue weighted by atomic mass is 32.2. The van der Waals surface area contributed by atoms with Crippen molar-refractivity contribution in [2.45, 2.75) is 39.2 Å². The molecule has 1 aromatic rings. The zero-order valence-electron chi connectivity index (χ0n) is 14.7. The van der Waals surface area contributed by atoms with Crippen molar-refractivity contribution in [2.24, 2.45) is 0 Å². The fourth-order valence-corrected chi connectivity index (χ4v) is 3.61. The van der Waals surface area contributed by atoms with Crippen LogP contribution in [0.15, 0.2) is 24.3 Å². The van der Waals surface area contributed by atoms with Crippen LogP contribution >= 0.6 is 0 Å². The van der Waals surface area contributed by atoms with Gasteiger partial charge in [-0.25, -0.2) is 8.42 Å². The fraction of sp³-hybridized carbons (Fsp3) is 0.588. The molecule has 0 aliphatic carbocycles. The van der Waals surface area contributed by atoms with Crippen molar-refractivity contribution < 1.29 is 13.2 Å². The summed E-state index contributed by atoms with van der Waals surface area (Å²) in [6.45, 7) is 5.73. The Bertz CT molecular complexity index is 652. The Morgan fingerprint density at radius 3 is 2.33 bits per heavy atom. The first-order valence-electron chi connectivity index (χ1n) is 8.43. The van der Waals surface area contributed by atoms with Gasteiger partial charge in [-0.3, -0.25) is 9.10 Å². The molecule has 1 N–H and O–H groups in total. The third-order valence-corrected chi connectivity index (χ3v) is 5.46. The standard InChI is InChI=1S/C17H27N3O3S/c1-4-14(2)18-17(21)13-20(24(3,22)23)16-9-7-15(8-10-16)19-11-5-6-12-19/h7-10,14H,4-6,11-13H2,1-3H3,(H,18,21). The van der Waals surface area contributed by atoms with Crippen molar-refractivity contribution in [3.63, 3.8) is 0 Å². The molecule has 0 aromatic heterocycles. The molecule has 1 aliphatic rings. The normalized spacial score (nSPS) is 16.0. The molecule has 0 radical (unpaired) electrons. The highest BCUT2D eigenvalue weighted by Crippen LogP contribution is 2.25. The molecule has 0 saturated carbocycles. The van der Waals surface area contributed by atoms with Gasteiger partial charge in [-0.05, 0) is 50.5 Å². The van der Waals surface area contributed by atoms with E-state index in [0.717, 1.165) is 35.8 Å². The molecule has 1 aliphatic heterocycles. The van der Waals surface area contributed by atoms with Crippen LogP contribution in [0, 0.1) is 0 Å². The minimum atomic E-state index is -3.53. The van der Waals surface area contributed by atoms with Crippen LogP contribution in [-0.2, 0) is 14.8 Å². The number of carbonyl (C=O) groups is 1.